The molecule has 0 aliphatic carbocycles. The molecule has 0 aromatic heterocycles. The fourth-order valence-corrected chi connectivity index (χ4v) is 0.886. The fourth-order valence-electron chi connectivity index (χ4n) is 0.886. The van der Waals surface area contributed by atoms with Crippen LogP contribution < -0.4 is 5.73 Å². The van der Waals surface area contributed by atoms with Crippen LogP contribution in [0.4, 0.5) is 8.78 Å². The van der Waals surface area contributed by atoms with Crippen LogP contribution in [0, 0.1) is 23.5 Å². The Morgan fingerprint density at radius 1 is 1.15 bits per heavy atom. The summed E-state index contributed by atoms with van der Waals surface area (Å²) in [7, 11) is 0. The molecule has 0 radical (unpaired) electrons. The van der Waals surface area contributed by atoms with Gasteiger partial charge in [-0.1, -0.05) is 17.9 Å². The summed E-state index contributed by atoms with van der Waals surface area (Å²) < 4.78 is 25.1. The summed E-state index contributed by atoms with van der Waals surface area (Å²) in [6.45, 7) is 0.281. The summed E-state index contributed by atoms with van der Waals surface area (Å²) in [6.07, 6.45) is 0.397. The molecule has 1 rings (SSSR count). The normalized spacial score (nSPS) is 9.15. The average Bonchev–Trinajstić information content (AvgIpc) is 2.12. The van der Waals surface area contributed by atoms with Crippen LogP contribution >= 0.6 is 0 Å². The summed E-state index contributed by atoms with van der Waals surface area (Å²) in [5, 5.41) is 0. The van der Waals surface area contributed by atoms with Crippen LogP contribution in [-0.4, -0.2) is 6.54 Å². The Balaban J connectivity index is 2.74. The van der Waals surface area contributed by atoms with E-state index in [0.29, 0.717) is 12.0 Å². The highest BCUT2D eigenvalue weighted by Crippen LogP contribution is 2.08. The van der Waals surface area contributed by atoms with Crippen molar-refractivity contribution in [3.05, 3.63) is 35.4 Å². The van der Waals surface area contributed by atoms with E-state index in [1.165, 1.54) is 6.07 Å². The van der Waals surface area contributed by atoms with Crippen LogP contribution in [0.2, 0.25) is 0 Å². The van der Waals surface area contributed by atoms with Crippen molar-refractivity contribution < 1.29 is 8.78 Å². The van der Waals surface area contributed by atoms with Gasteiger partial charge in [0, 0.05) is 6.42 Å². The zero-order chi connectivity index (χ0) is 9.68. The van der Waals surface area contributed by atoms with E-state index in [-0.39, 0.29) is 6.54 Å². The predicted molar refractivity (Wildman–Crippen MR) is 46.9 cm³/mol. The maximum atomic E-state index is 12.6. The van der Waals surface area contributed by atoms with Crippen molar-refractivity contribution in [3.63, 3.8) is 0 Å². The van der Waals surface area contributed by atoms with Crippen molar-refractivity contribution in [2.75, 3.05) is 6.54 Å². The minimum absolute atomic E-state index is 0.281. The molecule has 13 heavy (non-hydrogen) atoms. The van der Waals surface area contributed by atoms with Crippen LogP contribution in [0.5, 0.6) is 0 Å². The molecule has 1 nitrogen and oxygen atoms in total. The summed E-state index contributed by atoms with van der Waals surface area (Å²) >= 11 is 0. The maximum absolute atomic E-state index is 12.6. The van der Waals surface area contributed by atoms with Crippen LogP contribution in [-0.2, 0) is 6.42 Å². The molecule has 0 unspecified atom stereocenters. The molecule has 1 aromatic rings. The first kappa shape index (κ1) is 9.69. The van der Waals surface area contributed by atoms with Crippen molar-refractivity contribution in [1.82, 2.24) is 0 Å². The summed E-state index contributed by atoms with van der Waals surface area (Å²) in [5.41, 5.74) is 5.79. The molecule has 0 heterocycles. The van der Waals surface area contributed by atoms with Crippen molar-refractivity contribution >= 4 is 0 Å². The lowest BCUT2D eigenvalue weighted by molar-refractivity contribution is 0.507. The van der Waals surface area contributed by atoms with Gasteiger partial charge in [0.05, 0.1) is 6.54 Å². The third-order valence-corrected chi connectivity index (χ3v) is 1.50. The first-order valence-corrected chi connectivity index (χ1v) is 3.83. The van der Waals surface area contributed by atoms with Gasteiger partial charge < -0.3 is 5.73 Å². The van der Waals surface area contributed by atoms with Gasteiger partial charge in [-0.25, -0.2) is 8.78 Å². The molecule has 0 aliphatic heterocycles. The van der Waals surface area contributed by atoms with E-state index in [9.17, 15) is 8.78 Å². The molecule has 0 atom stereocenters. The molecule has 0 bridgehead atoms. The molecule has 3 heteroatoms. The highest BCUT2D eigenvalue weighted by atomic mass is 19.2. The largest absolute Gasteiger partial charge is 0.320 e. The summed E-state index contributed by atoms with van der Waals surface area (Å²) in [5.74, 6) is 3.70. The second kappa shape index (κ2) is 4.58. The lowest BCUT2D eigenvalue weighted by Gasteiger charge is -1.95. The molecular formula is C10H9F2N. The minimum atomic E-state index is -0.841. The van der Waals surface area contributed by atoms with Crippen LogP contribution in [0.25, 0.3) is 0 Å². The van der Waals surface area contributed by atoms with E-state index in [1.807, 2.05) is 0 Å². The Labute approximate surface area is 75.6 Å². The number of rotatable bonds is 1. The lowest BCUT2D eigenvalue weighted by atomic mass is 10.1. The second-order valence-corrected chi connectivity index (χ2v) is 2.48. The zero-order valence-corrected chi connectivity index (χ0v) is 6.98. The highest BCUT2D eigenvalue weighted by Gasteiger charge is 2.00. The summed E-state index contributed by atoms with van der Waals surface area (Å²) in [4.78, 5) is 0. The van der Waals surface area contributed by atoms with Crippen LogP contribution in [0.3, 0.4) is 0 Å². The summed E-state index contributed by atoms with van der Waals surface area (Å²) in [6, 6.07) is 3.74. The Kier molecular flexibility index (Phi) is 3.41. The van der Waals surface area contributed by atoms with Gasteiger partial charge in [-0.2, -0.15) is 0 Å². The van der Waals surface area contributed by atoms with E-state index < -0.39 is 11.6 Å². The zero-order valence-electron chi connectivity index (χ0n) is 6.98. The Morgan fingerprint density at radius 3 is 2.54 bits per heavy atom. The van der Waals surface area contributed by atoms with Gasteiger partial charge in [-0.3, -0.25) is 0 Å². The highest BCUT2D eigenvalue weighted by molar-refractivity contribution is 5.22. The molecule has 0 spiro atoms. The van der Waals surface area contributed by atoms with Crippen LogP contribution in [0.1, 0.15) is 5.56 Å². The monoisotopic (exact) mass is 181 g/mol. The molecule has 0 amide bonds. The molecule has 1 aromatic carbocycles. The molecule has 68 valence electrons. The third-order valence-electron chi connectivity index (χ3n) is 1.50. The minimum Gasteiger partial charge on any atom is -0.320 e. The topological polar surface area (TPSA) is 26.0 Å². The van der Waals surface area contributed by atoms with Crippen molar-refractivity contribution in [3.8, 4) is 11.8 Å². The first-order chi connectivity index (χ1) is 6.24. The predicted octanol–water partition coefficient (Wildman–Crippen LogP) is 1.47. The molecular weight excluding hydrogens is 172 g/mol. The Bertz CT molecular complexity index is 350. The molecule has 2 N–H and O–H groups in total. The van der Waals surface area contributed by atoms with Gasteiger partial charge in [-0.05, 0) is 17.7 Å². The number of nitrogens with two attached hydrogens (primary N) is 1. The number of halogens is 2. The Hall–Kier alpha value is -1.40. The van der Waals surface area contributed by atoms with Gasteiger partial charge in [0.15, 0.2) is 11.6 Å². The fraction of sp³-hybridized carbons (Fsp3) is 0.200. The van der Waals surface area contributed by atoms with E-state index in [1.54, 1.807) is 0 Å². The van der Waals surface area contributed by atoms with Crippen LogP contribution in [0.15, 0.2) is 18.2 Å². The van der Waals surface area contributed by atoms with E-state index in [2.05, 4.69) is 11.8 Å². The van der Waals surface area contributed by atoms with E-state index in [4.69, 9.17) is 5.73 Å². The number of hydrogen-bond acceptors (Lipinski definition) is 1. The molecule has 0 saturated carbocycles. The lowest BCUT2D eigenvalue weighted by Crippen LogP contribution is -1.94. The molecule has 0 saturated heterocycles. The van der Waals surface area contributed by atoms with E-state index in [0.717, 1.165) is 12.1 Å². The van der Waals surface area contributed by atoms with Gasteiger partial charge >= 0.3 is 0 Å². The second-order valence-electron chi connectivity index (χ2n) is 2.48. The van der Waals surface area contributed by atoms with Gasteiger partial charge in [-0.15, -0.1) is 0 Å². The van der Waals surface area contributed by atoms with Gasteiger partial charge in [0.25, 0.3) is 0 Å². The van der Waals surface area contributed by atoms with Gasteiger partial charge in [0.1, 0.15) is 0 Å². The number of benzene rings is 1. The molecule has 0 aliphatic rings. The third kappa shape index (κ3) is 2.85. The first-order valence-electron chi connectivity index (χ1n) is 3.83. The van der Waals surface area contributed by atoms with Gasteiger partial charge in [0.2, 0.25) is 0 Å². The van der Waals surface area contributed by atoms with Crippen molar-refractivity contribution in [1.29, 1.82) is 0 Å². The maximum Gasteiger partial charge on any atom is 0.159 e. The van der Waals surface area contributed by atoms with Crippen molar-refractivity contribution in [2.45, 2.75) is 6.42 Å². The quantitative estimate of drug-likeness (QED) is 0.652. The number of hydrogen-bond donors (Lipinski definition) is 1. The smallest absolute Gasteiger partial charge is 0.159 e. The standard InChI is InChI=1S/C10H9F2N/c11-9-5-4-8(7-10(9)12)3-1-2-6-13/h4-5,7H,3,6,13H2. The Morgan fingerprint density at radius 2 is 1.92 bits per heavy atom. The van der Waals surface area contributed by atoms with Crippen molar-refractivity contribution in [2.24, 2.45) is 5.73 Å². The van der Waals surface area contributed by atoms with E-state index >= 15 is 0 Å². The average molecular weight is 181 g/mol. The molecule has 0 fully saturated rings. The SMILES string of the molecule is NCC#CCc1ccc(F)c(F)c1.